The van der Waals surface area contributed by atoms with Gasteiger partial charge in [-0.25, -0.2) is 4.98 Å². The van der Waals surface area contributed by atoms with Gasteiger partial charge in [0.05, 0.1) is 12.2 Å². The molecule has 0 saturated heterocycles. The molecule has 1 aromatic rings. The summed E-state index contributed by atoms with van der Waals surface area (Å²) >= 11 is 0. The first-order valence-electron chi connectivity index (χ1n) is 5.03. The molecule has 1 rings (SSSR count). The molecule has 0 spiro atoms. The number of nitrogens with one attached hydrogen (secondary N) is 1. The molecule has 1 amide bonds. The minimum Gasteiger partial charge on any atom is -0.370 e. The van der Waals surface area contributed by atoms with Gasteiger partial charge in [-0.1, -0.05) is 0 Å². The van der Waals surface area contributed by atoms with Crippen LogP contribution in [-0.2, 0) is 15.7 Å². The third kappa shape index (κ3) is 5.00. The Bertz CT molecular complexity index is 392. The van der Waals surface area contributed by atoms with Crippen LogP contribution in [-0.4, -0.2) is 30.6 Å². The Morgan fingerprint density at radius 1 is 1.44 bits per heavy atom. The summed E-state index contributed by atoms with van der Waals surface area (Å²) < 4.78 is 41.5. The highest BCUT2D eigenvalue weighted by Gasteiger charge is 2.30. The van der Waals surface area contributed by atoms with Gasteiger partial charge in [0, 0.05) is 12.7 Å². The number of nitrogens with zero attached hydrogens (tertiary/aromatic N) is 1. The zero-order chi connectivity index (χ0) is 13.6. The van der Waals surface area contributed by atoms with Crippen LogP contribution in [0.25, 0.3) is 0 Å². The number of aromatic nitrogens is 1. The number of rotatable bonds is 6. The smallest absolute Gasteiger partial charge is 0.370 e. The molecule has 100 valence electrons. The van der Waals surface area contributed by atoms with E-state index in [-0.39, 0.29) is 13.2 Å². The average molecular weight is 263 g/mol. The second-order valence-corrected chi connectivity index (χ2v) is 3.38. The van der Waals surface area contributed by atoms with Crippen LogP contribution in [0.15, 0.2) is 18.3 Å². The lowest BCUT2D eigenvalue weighted by atomic mass is 10.3. The number of amides is 1. The van der Waals surface area contributed by atoms with Crippen LogP contribution < -0.4 is 11.1 Å². The maximum Gasteiger partial charge on any atom is 0.417 e. The Labute approximate surface area is 101 Å². The van der Waals surface area contributed by atoms with E-state index in [2.05, 4.69) is 10.3 Å². The van der Waals surface area contributed by atoms with Crippen molar-refractivity contribution in [3.63, 3.8) is 0 Å². The van der Waals surface area contributed by atoms with Crippen LogP contribution in [0.2, 0.25) is 0 Å². The summed E-state index contributed by atoms with van der Waals surface area (Å²) in [6, 6.07) is 2.15. The summed E-state index contributed by atoms with van der Waals surface area (Å²) in [4.78, 5) is 13.9. The van der Waals surface area contributed by atoms with Crippen molar-refractivity contribution in [1.29, 1.82) is 0 Å². The van der Waals surface area contributed by atoms with E-state index in [4.69, 9.17) is 10.5 Å². The van der Waals surface area contributed by atoms with Crippen molar-refractivity contribution in [2.24, 2.45) is 5.73 Å². The summed E-state index contributed by atoms with van der Waals surface area (Å²) in [7, 11) is 0. The fourth-order valence-electron chi connectivity index (χ4n) is 1.09. The Kier molecular flexibility index (Phi) is 4.90. The number of hydrogen-bond donors (Lipinski definition) is 2. The number of halogens is 3. The normalized spacial score (nSPS) is 11.3. The first kappa shape index (κ1) is 14.2. The van der Waals surface area contributed by atoms with Gasteiger partial charge in [-0.15, -0.1) is 0 Å². The number of alkyl halides is 3. The quantitative estimate of drug-likeness (QED) is 0.751. The zero-order valence-electron chi connectivity index (χ0n) is 9.33. The molecule has 0 aromatic carbocycles. The molecule has 3 N–H and O–H groups in total. The monoisotopic (exact) mass is 263 g/mol. The second kappa shape index (κ2) is 6.20. The predicted octanol–water partition coefficient (Wildman–Crippen LogP) is 1.01. The van der Waals surface area contributed by atoms with Crippen LogP contribution in [0.5, 0.6) is 0 Å². The van der Waals surface area contributed by atoms with Crippen LogP contribution >= 0.6 is 0 Å². The molecule has 1 heterocycles. The number of anilines is 1. The van der Waals surface area contributed by atoms with Crippen molar-refractivity contribution in [3.8, 4) is 0 Å². The molecule has 0 bridgehead atoms. The standard InChI is InChI=1S/C10H12F3N3O2/c11-10(12,13)7-1-2-9(16-5-7)15-3-4-18-6-8(14)17/h1-2,5H,3-4,6H2,(H2,14,17)(H,15,16). The first-order chi connectivity index (χ1) is 8.39. The number of primary amides is 1. The molecule has 0 fully saturated rings. The van der Waals surface area contributed by atoms with Crippen LogP contribution in [0.3, 0.4) is 0 Å². The minimum absolute atomic E-state index is 0.192. The molecular formula is C10H12F3N3O2. The Hall–Kier alpha value is -1.83. The molecule has 0 atom stereocenters. The molecule has 18 heavy (non-hydrogen) atoms. The molecule has 0 radical (unpaired) electrons. The van der Waals surface area contributed by atoms with Crippen molar-refractivity contribution >= 4 is 11.7 Å². The van der Waals surface area contributed by atoms with Gasteiger partial charge in [0.2, 0.25) is 5.91 Å². The van der Waals surface area contributed by atoms with Crippen LogP contribution in [0.1, 0.15) is 5.56 Å². The summed E-state index contributed by atoms with van der Waals surface area (Å²) in [5.41, 5.74) is 4.03. The molecule has 0 aliphatic carbocycles. The zero-order valence-corrected chi connectivity index (χ0v) is 9.33. The van der Waals surface area contributed by atoms with Gasteiger partial charge >= 0.3 is 6.18 Å². The van der Waals surface area contributed by atoms with E-state index in [0.717, 1.165) is 12.3 Å². The lowest BCUT2D eigenvalue weighted by Crippen LogP contribution is -2.20. The lowest BCUT2D eigenvalue weighted by molar-refractivity contribution is -0.137. The molecule has 0 unspecified atom stereocenters. The van der Waals surface area contributed by atoms with E-state index in [9.17, 15) is 18.0 Å². The highest BCUT2D eigenvalue weighted by molar-refractivity contribution is 5.74. The van der Waals surface area contributed by atoms with Gasteiger partial charge in [0.1, 0.15) is 12.4 Å². The van der Waals surface area contributed by atoms with E-state index in [1.54, 1.807) is 0 Å². The third-order valence-electron chi connectivity index (χ3n) is 1.89. The van der Waals surface area contributed by atoms with E-state index in [1.807, 2.05) is 0 Å². The summed E-state index contributed by atoms with van der Waals surface area (Å²) in [5, 5.41) is 2.74. The lowest BCUT2D eigenvalue weighted by Gasteiger charge is -2.08. The first-order valence-corrected chi connectivity index (χ1v) is 5.03. The van der Waals surface area contributed by atoms with E-state index in [1.165, 1.54) is 6.07 Å². The van der Waals surface area contributed by atoms with Gasteiger partial charge < -0.3 is 15.8 Å². The molecule has 1 aromatic heterocycles. The summed E-state index contributed by atoms with van der Waals surface area (Å²) in [6.07, 6.45) is -3.65. The molecule has 0 aliphatic rings. The van der Waals surface area contributed by atoms with Crippen molar-refractivity contribution in [2.75, 3.05) is 25.1 Å². The second-order valence-electron chi connectivity index (χ2n) is 3.38. The number of pyridine rings is 1. The highest BCUT2D eigenvalue weighted by atomic mass is 19.4. The molecule has 5 nitrogen and oxygen atoms in total. The number of hydrogen-bond acceptors (Lipinski definition) is 4. The van der Waals surface area contributed by atoms with Crippen molar-refractivity contribution in [3.05, 3.63) is 23.9 Å². The number of nitrogens with two attached hydrogens (primary N) is 1. The number of carbonyl (C=O) groups is 1. The van der Waals surface area contributed by atoms with Crippen LogP contribution in [0, 0.1) is 0 Å². The van der Waals surface area contributed by atoms with Crippen LogP contribution in [0.4, 0.5) is 19.0 Å². The van der Waals surface area contributed by atoms with Gasteiger partial charge in [-0.3, -0.25) is 4.79 Å². The number of ether oxygens (including phenoxy) is 1. The van der Waals surface area contributed by atoms with Crippen molar-refractivity contribution < 1.29 is 22.7 Å². The van der Waals surface area contributed by atoms with Gasteiger partial charge in [0.15, 0.2) is 0 Å². The van der Waals surface area contributed by atoms with E-state index >= 15 is 0 Å². The third-order valence-corrected chi connectivity index (χ3v) is 1.89. The van der Waals surface area contributed by atoms with Crippen molar-refractivity contribution in [1.82, 2.24) is 4.98 Å². The topological polar surface area (TPSA) is 77.2 Å². The maximum absolute atomic E-state index is 12.2. The Balaban J connectivity index is 2.33. The highest BCUT2D eigenvalue weighted by Crippen LogP contribution is 2.28. The van der Waals surface area contributed by atoms with Crippen molar-refractivity contribution in [2.45, 2.75) is 6.18 Å². The largest absolute Gasteiger partial charge is 0.417 e. The van der Waals surface area contributed by atoms with E-state index < -0.39 is 17.6 Å². The minimum atomic E-state index is -4.39. The maximum atomic E-state index is 12.2. The number of carbonyl (C=O) groups excluding carboxylic acids is 1. The predicted molar refractivity (Wildman–Crippen MR) is 57.7 cm³/mol. The molecule has 8 heteroatoms. The Morgan fingerprint density at radius 2 is 2.17 bits per heavy atom. The average Bonchev–Trinajstić information content (AvgIpc) is 2.27. The van der Waals surface area contributed by atoms with Gasteiger partial charge in [0.25, 0.3) is 0 Å². The van der Waals surface area contributed by atoms with Gasteiger partial charge in [-0.2, -0.15) is 13.2 Å². The fraction of sp³-hybridized carbons (Fsp3) is 0.400. The molecule has 0 saturated carbocycles. The SMILES string of the molecule is NC(=O)COCCNc1ccc(C(F)(F)F)cn1. The molecular weight excluding hydrogens is 251 g/mol. The summed E-state index contributed by atoms with van der Waals surface area (Å²) in [6.45, 7) is 0.319. The summed E-state index contributed by atoms with van der Waals surface area (Å²) in [5.74, 6) is -0.284. The fourth-order valence-corrected chi connectivity index (χ4v) is 1.09. The Morgan fingerprint density at radius 3 is 2.67 bits per heavy atom. The van der Waals surface area contributed by atoms with Gasteiger partial charge in [-0.05, 0) is 12.1 Å². The molecule has 0 aliphatic heterocycles. The van der Waals surface area contributed by atoms with E-state index in [0.29, 0.717) is 12.4 Å².